The van der Waals surface area contributed by atoms with Gasteiger partial charge < -0.3 is 5.11 Å². The zero-order valence-electron chi connectivity index (χ0n) is 14.9. The van der Waals surface area contributed by atoms with Gasteiger partial charge in [-0.05, 0) is 31.5 Å². The van der Waals surface area contributed by atoms with Gasteiger partial charge in [-0.25, -0.2) is 0 Å². The predicted molar refractivity (Wildman–Crippen MR) is 97.4 cm³/mol. The van der Waals surface area contributed by atoms with Gasteiger partial charge >= 0.3 is 5.97 Å². The number of carbonyl (C=O) groups is 1. The fraction of sp³-hybridized carbons (Fsp3) is 0.400. The number of nitrogens with zero attached hydrogens (tertiary/aromatic N) is 3. The van der Waals surface area contributed by atoms with E-state index in [9.17, 15) is 9.90 Å². The topological polar surface area (TPSA) is 56.7 Å². The van der Waals surface area contributed by atoms with Crippen molar-refractivity contribution in [1.29, 1.82) is 0 Å². The number of piperazine rings is 1. The monoisotopic (exact) mass is 339 g/mol. The number of rotatable bonds is 5. The summed E-state index contributed by atoms with van der Waals surface area (Å²) in [5, 5.41) is 9.74. The van der Waals surface area contributed by atoms with Crippen LogP contribution in [0, 0.1) is 13.8 Å². The molecule has 1 aromatic carbocycles. The van der Waals surface area contributed by atoms with E-state index in [2.05, 4.69) is 14.8 Å². The van der Waals surface area contributed by atoms with Gasteiger partial charge in [0.05, 0.1) is 5.69 Å². The van der Waals surface area contributed by atoms with Crippen LogP contribution in [0.4, 0.5) is 0 Å². The minimum absolute atomic E-state index is 0.570. The highest BCUT2D eigenvalue weighted by Gasteiger charge is 2.30. The molecule has 1 aliphatic rings. The maximum atomic E-state index is 11.9. The Kier molecular flexibility index (Phi) is 5.46. The summed E-state index contributed by atoms with van der Waals surface area (Å²) >= 11 is 0. The lowest BCUT2D eigenvalue weighted by molar-refractivity contribution is -0.144. The number of aromatic nitrogens is 1. The van der Waals surface area contributed by atoms with E-state index in [1.54, 1.807) is 0 Å². The van der Waals surface area contributed by atoms with Gasteiger partial charge in [0.25, 0.3) is 0 Å². The summed E-state index contributed by atoms with van der Waals surface area (Å²) in [6, 6.07) is 13.3. The normalized spacial score (nSPS) is 17.4. The van der Waals surface area contributed by atoms with Crippen molar-refractivity contribution in [3.63, 3.8) is 0 Å². The van der Waals surface area contributed by atoms with E-state index in [4.69, 9.17) is 0 Å². The molecule has 0 spiro atoms. The second-order valence-corrected chi connectivity index (χ2v) is 6.74. The molecule has 25 heavy (non-hydrogen) atoms. The molecular weight excluding hydrogens is 314 g/mol. The summed E-state index contributed by atoms with van der Waals surface area (Å²) < 4.78 is 0. The van der Waals surface area contributed by atoms with Crippen molar-refractivity contribution in [2.75, 3.05) is 26.2 Å². The molecule has 5 heteroatoms. The number of aliphatic carboxylic acids is 1. The van der Waals surface area contributed by atoms with Crippen LogP contribution in [0.2, 0.25) is 0 Å². The fourth-order valence-corrected chi connectivity index (χ4v) is 3.45. The van der Waals surface area contributed by atoms with Crippen molar-refractivity contribution in [3.8, 4) is 0 Å². The van der Waals surface area contributed by atoms with Crippen molar-refractivity contribution in [3.05, 3.63) is 65.0 Å². The highest BCUT2D eigenvalue weighted by Crippen LogP contribution is 2.24. The number of hydrogen-bond acceptors (Lipinski definition) is 4. The van der Waals surface area contributed by atoms with E-state index in [0.717, 1.165) is 55.2 Å². The van der Waals surface area contributed by atoms with Crippen LogP contribution in [-0.4, -0.2) is 52.0 Å². The molecule has 1 fully saturated rings. The number of hydrogen-bond donors (Lipinski definition) is 1. The van der Waals surface area contributed by atoms with Crippen LogP contribution in [0.1, 0.15) is 28.6 Å². The molecule has 5 nitrogen and oxygen atoms in total. The van der Waals surface area contributed by atoms with E-state index >= 15 is 0 Å². The van der Waals surface area contributed by atoms with Gasteiger partial charge in [0, 0.05) is 38.4 Å². The van der Waals surface area contributed by atoms with Crippen molar-refractivity contribution in [2.24, 2.45) is 0 Å². The molecule has 1 saturated heterocycles. The largest absolute Gasteiger partial charge is 0.480 e. The number of pyridine rings is 1. The van der Waals surface area contributed by atoms with E-state index in [1.807, 2.05) is 56.3 Å². The first kappa shape index (κ1) is 17.6. The molecule has 0 saturated carbocycles. The average Bonchev–Trinajstić information content (AvgIpc) is 2.56. The van der Waals surface area contributed by atoms with Crippen molar-refractivity contribution in [1.82, 2.24) is 14.8 Å². The Bertz CT molecular complexity index is 739. The lowest BCUT2D eigenvalue weighted by Gasteiger charge is -2.37. The quantitative estimate of drug-likeness (QED) is 0.907. The SMILES string of the molecule is Cc1cccc(C(C(=O)O)N2CCN(Cc3cccc(C)n3)CC2)c1. The first-order chi connectivity index (χ1) is 12.0. The zero-order chi connectivity index (χ0) is 17.8. The van der Waals surface area contributed by atoms with Crippen molar-refractivity contribution < 1.29 is 9.90 Å². The van der Waals surface area contributed by atoms with E-state index in [1.165, 1.54) is 0 Å². The summed E-state index contributed by atoms with van der Waals surface area (Å²) in [7, 11) is 0. The molecule has 1 aromatic heterocycles. The molecule has 0 radical (unpaired) electrons. The summed E-state index contributed by atoms with van der Waals surface area (Å²) in [4.78, 5) is 20.8. The molecule has 132 valence electrons. The van der Waals surface area contributed by atoms with Crippen LogP contribution in [0.15, 0.2) is 42.5 Å². The van der Waals surface area contributed by atoms with Gasteiger partial charge in [0.1, 0.15) is 6.04 Å². The minimum Gasteiger partial charge on any atom is -0.480 e. The molecule has 2 aromatic rings. The van der Waals surface area contributed by atoms with Gasteiger partial charge in [-0.3, -0.25) is 19.6 Å². The van der Waals surface area contributed by atoms with Crippen molar-refractivity contribution in [2.45, 2.75) is 26.4 Å². The maximum Gasteiger partial charge on any atom is 0.325 e. The van der Waals surface area contributed by atoms with Crippen LogP contribution >= 0.6 is 0 Å². The zero-order valence-corrected chi connectivity index (χ0v) is 14.9. The van der Waals surface area contributed by atoms with Gasteiger partial charge in [0.2, 0.25) is 0 Å². The Morgan fingerprint density at radius 3 is 2.48 bits per heavy atom. The second-order valence-electron chi connectivity index (χ2n) is 6.74. The molecule has 1 unspecified atom stereocenters. The van der Waals surface area contributed by atoms with Crippen LogP contribution in [0.3, 0.4) is 0 Å². The lowest BCUT2D eigenvalue weighted by Crippen LogP contribution is -2.48. The van der Waals surface area contributed by atoms with Crippen LogP contribution in [-0.2, 0) is 11.3 Å². The van der Waals surface area contributed by atoms with Crippen molar-refractivity contribution >= 4 is 5.97 Å². The number of carboxylic acids is 1. The molecule has 2 heterocycles. The van der Waals surface area contributed by atoms with Crippen LogP contribution < -0.4 is 0 Å². The summed E-state index contributed by atoms with van der Waals surface area (Å²) in [5.41, 5.74) is 4.05. The molecule has 0 amide bonds. The van der Waals surface area contributed by atoms with E-state index < -0.39 is 12.0 Å². The predicted octanol–water partition coefficient (Wildman–Crippen LogP) is 2.64. The van der Waals surface area contributed by atoms with Gasteiger partial charge in [-0.1, -0.05) is 35.9 Å². The Hall–Kier alpha value is -2.24. The van der Waals surface area contributed by atoms with E-state index in [-0.39, 0.29) is 0 Å². The first-order valence-corrected chi connectivity index (χ1v) is 8.71. The molecule has 1 aliphatic heterocycles. The third-order valence-corrected chi connectivity index (χ3v) is 4.70. The van der Waals surface area contributed by atoms with Gasteiger partial charge in [0.15, 0.2) is 0 Å². The van der Waals surface area contributed by atoms with Gasteiger partial charge in [-0.15, -0.1) is 0 Å². The Morgan fingerprint density at radius 2 is 1.84 bits per heavy atom. The summed E-state index contributed by atoms with van der Waals surface area (Å²) in [6.07, 6.45) is 0. The number of carboxylic acid groups (broad SMARTS) is 1. The molecule has 0 aliphatic carbocycles. The molecule has 1 atom stereocenters. The highest BCUT2D eigenvalue weighted by atomic mass is 16.4. The molecular formula is C20H25N3O2. The first-order valence-electron chi connectivity index (χ1n) is 8.71. The summed E-state index contributed by atoms with van der Waals surface area (Å²) in [6.45, 7) is 8.01. The van der Waals surface area contributed by atoms with Gasteiger partial charge in [-0.2, -0.15) is 0 Å². The summed E-state index contributed by atoms with van der Waals surface area (Å²) in [5.74, 6) is -0.778. The van der Waals surface area contributed by atoms with E-state index in [0.29, 0.717) is 0 Å². The second kappa shape index (κ2) is 7.76. The van der Waals surface area contributed by atoms with Crippen LogP contribution in [0.5, 0.6) is 0 Å². The minimum atomic E-state index is -0.778. The average molecular weight is 339 g/mol. The maximum absolute atomic E-state index is 11.9. The Balaban J connectivity index is 1.64. The smallest absolute Gasteiger partial charge is 0.325 e. The Morgan fingerprint density at radius 1 is 1.12 bits per heavy atom. The standard InChI is InChI=1S/C20H25N3O2/c1-15-5-3-7-17(13-15)19(20(24)25)23-11-9-22(10-12-23)14-18-8-4-6-16(2)21-18/h3-8,13,19H,9-12,14H2,1-2H3,(H,24,25). The molecule has 1 N–H and O–H groups in total. The molecule has 3 rings (SSSR count). The van der Waals surface area contributed by atoms with Crippen LogP contribution in [0.25, 0.3) is 0 Å². The lowest BCUT2D eigenvalue weighted by atomic mass is 10.0. The number of benzene rings is 1. The fourth-order valence-electron chi connectivity index (χ4n) is 3.45. The Labute approximate surface area is 148 Å². The number of aryl methyl sites for hydroxylation is 2. The third-order valence-electron chi connectivity index (χ3n) is 4.70. The highest BCUT2D eigenvalue weighted by molar-refractivity contribution is 5.75. The molecule has 0 bridgehead atoms. The third kappa shape index (κ3) is 4.44.